The van der Waals surface area contributed by atoms with Crippen molar-refractivity contribution >= 4 is 47.4 Å². The number of carbonyl (C=O) groups is 3. The summed E-state index contributed by atoms with van der Waals surface area (Å²) in [5.41, 5.74) is 5.51. The molecule has 346 valence electrons. The van der Waals surface area contributed by atoms with Crippen molar-refractivity contribution in [3.05, 3.63) is 209 Å². The molecule has 11 heteroatoms. The van der Waals surface area contributed by atoms with Crippen LogP contribution in [0.1, 0.15) is 77.4 Å². The smallest absolute Gasteiger partial charge is 0.410 e. The van der Waals surface area contributed by atoms with Crippen LogP contribution in [-0.2, 0) is 27.1 Å². The van der Waals surface area contributed by atoms with Crippen molar-refractivity contribution < 1.29 is 28.2 Å². The first-order valence-electron chi connectivity index (χ1n) is 22.7. The molecule has 1 fully saturated rings. The average molecular weight is 936 g/mol. The first-order valence-corrected chi connectivity index (χ1v) is 24.9. The van der Waals surface area contributed by atoms with Gasteiger partial charge in [-0.3, -0.25) is 14.6 Å². The summed E-state index contributed by atoms with van der Waals surface area (Å²) in [5.74, 6) is 0.172. The standard InChI is InChI=1S/C56H58FN3O5S2/c1-55(2,3)65-54(63)60-38-49(67-56(43-16-8-5-9-17-43,44-18-10-6-11-19-44)45-20-12-7-13-21-45)35-47(60)39-64-48-30-27-42(26-22-40-23-28-46(57)29-24-40)50(36-48)53(62)59-51(32-34-66-4)52(61)31-25-41-15-14-33-58-37-41/h5-21,23-25,27-31,33,36-37,47,49,51H,22,26,32,34-35,38-39H2,1-4H3,(H,59,62)/t47-,49-,51-/m0/s1. The second kappa shape index (κ2) is 23.0. The van der Waals surface area contributed by atoms with E-state index in [9.17, 15) is 18.8 Å². The topological polar surface area (TPSA) is 97.8 Å². The Morgan fingerprint density at radius 3 is 2.06 bits per heavy atom. The Balaban J connectivity index is 1.17. The van der Waals surface area contributed by atoms with Crippen LogP contribution >= 0.6 is 23.5 Å². The molecule has 0 aliphatic carbocycles. The zero-order valence-electron chi connectivity index (χ0n) is 38.5. The first-order chi connectivity index (χ1) is 32.4. The Hall–Kier alpha value is -6.17. The lowest BCUT2D eigenvalue weighted by Crippen LogP contribution is -2.42. The molecular weight excluding hydrogens is 878 g/mol. The largest absolute Gasteiger partial charge is 0.491 e. The number of nitrogens with zero attached hydrogens (tertiary/aromatic N) is 2. The number of aromatic nitrogens is 1. The number of halogens is 1. The van der Waals surface area contributed by atoms with Crippen molar-refractivity contribution in [2.45, 2.75) is 74.1 Å². The van der Waals surface area contributed by atoms with Crippen molar-refractivity contribution in [3.63, 3.8) is 0 Å². The molecule has 1 aliphatic heterocycles. The Morgan fingerprint density at radius 2 is 1.48 bits per heavy atom. The van der Waals surface area contributed by atoms with Gasteiger partial charge in [0.2, 0.25) is 0 Å². The summed E-state index contributed by atoms with van der Waals surface area (Å²) in [4.78, 5) is 48.0. The van der Waals surface area contributed by atoms with E-state index in [0.717, 1.165) is 33.4 Å². The maximum Gasteiger partial charge on any atom is 0.410 e. The minimum absolute atomic E-state index is 0.0279. The number of ether oxygens (including phenoxy) is 2. The Bertz CT molecular complexity index is 2480. The van der Waals surface area contributed by atoms with E-state index in [2.05, 4.69) is 83.1 Å². The van der Waals surface area contributed by atoms with Crippen LogP contribution < -0.4 is 10.1 Å². The van der Waals surface area contributed by atoms with Gasteiger partial charge in [-0.1, -0.05) is 115 Å². The summed E-state index contributed by atoms with van der Waals surface area (Å²) in [5, 5.41) is 3.01. The van der Waals surface area contributed by atoms with Crippen LogP contribution in [-0.4, -0.2) is 75.8 Å². The number of thioether (sulfide) groups is 2. The van der Waals surface area contributed by atoms with E-state index >= 15 is 0 Å². The van der Waals surface area contributed by atoms with E-state index in [1.807, 2.05) is 75.2 Å². The van der Waals surface area contributed by atoms with Gasteiger partial charge in [-0.2, -0.15) is 11.8 Å². The minimum Gasteiger partial charge on any atom is -0.491 e. The lowest BCUT2D eigenvalue weighted by atomic mass is 9.84. The summed E-state index contributed by atoms with van der Waals surface area (Å²) in [6, 6.07) is 45.8. The highest BCUT2D eigenvalue weighted by Gasteiger charge is 2.45. The number of hydrogen-bond acceptors (Lipinski definition) is 8. The molecule has 1 aromatic heterocycles. The molecule has 8 nitrogen and oxygen atoms in total. The fraction of sp³-hybridized carbons (Fsp3) is 0.286. The van der Waals surface area contributed by atoms with Crippen LogP contribution in [0.4, 0.5) is 9.18 Å². The molecule has 5 aromatic carbocycles. The average Bonchev–Trinajstić information content (AvgIpc) is 3.76. The molecule has 1 N–H and O–H groups in total. The van der Waals surface area contributed by atoms with Gasteiger partial charge in [-0.05, 0) is 134 Å². The summed E-state index contributed by atoms with van der Waals surface area (Å²) >= 11 is 3.43. The highest BCUT2D eigenvalue weighted by molar-refractivity contribution is 8.01. The molecule has 3 atom stereocenters. The number of aryl methyl sites for hydroxylation is 2. The number of hydrogen-bond donors (Lipinski definition) is 1. The number of ketones is 1. The fourth-order valence-electron chi connectivity index (χ4n) is 8.36. The summed E-state index contributed by atoms with van der Waals surface area (Å²) in [6.07, 6.45) is 10.2. The fourth-order valence-corrected chi connectivity index (χ4v) is 10.7. The Morgan fingerprint density at radius 1 is 0.836 bits per heavy atom. The van der Waals surface area contributed by atoms with Gasteiger partial charge >= 0.3 is 6.09 Å². The van der Waals surface area contributed by atoms with Crippen LogP contribution in [0.2, 0.25) is 0 Å². The van der Waals surface area contributed by atoms with Gasteiger partial charge in [0.15, 0.2) is 5.78 Å². The van der Waals surface area contributed by atoms with E-state index in [1.165, 1.54) is 18.2 Å². The van der Waals surface area contributed by atoms with Crippen molar-refractivity contribution in [1.82, 2.24) is 15.2 Å². The molecule has 2 amide bonds. The van der Waals surface area contributed by atoms with E-state index in [4.69, 9.17) is 9.47 Å². The van der Waals surface area contributed by atoms with E-state index in [0.29, 0.717) is 49.3 Å². The normalized spacial score (nSPS) is 15.6. The van der Waals surface area contributed by atoms with Gasteiger partial charge in [0.05, 0.1) is 16.8 Å². The third-order valence-corrected chi connectivity index (χ3v) is 14.0. The van der Waals surface area contributed by atoms with Crippen LogP contribution in [0.15, 0.2) is 164 Å². The van der Waals surface area contributed by atoms with Crippen LogP contribution in [0, 0.1) is 5.82 Å². The predicted molar refractivity (Wildman–Crippen MR) is 270 cm³/mol. The number of rotatable bonds is 19. The van der Waals surface area contributed by atoms with Gasteiger partial charge in [-0.15, -0.1) is 11.8 Å². The van der Waals surface area contributed by atoms with Crippen LogP contribution in [0.3, 0.4) is 0 Å². The Labute approximate surface area is 402 Å². The van der Waals surface area contributed by atoms with Crippen LogP contribution in [0.25, 0.3) is 6.08 Å². The molecule has 1 saturated heterocycles. The van der Waals surface area contributed by atoms with Gasteiger partial charge in [-0.25, -0.2) is 9.18 Å². The molecule has 1 aliphatic rings. The van der Waals surface area contributed by atoms with Gasteiger partial charge in [0.1, 0.15) is 23.8 Å². The van der Waals surface area contributed by atoms with Crippen molar-refractivity contribution in [2.24, 2.45) is 0 Å². The zero-order valence-corrected chi connectivity index (χ0v) is 40.1. The van der Waals surface area contributed by atoms with E-state index in [-0.39, 0.29) is 29.5 Å². The third kappa shape index (κ3) is 13.0. The summed E-state index contributed by atoms with van der Waals surface area (Å²) in [7, 11) is 0. The molecule has 2 heterocycles. The quantitative estimate of drug-likeness (QED) is 0.0633. The maximum atomic E-state index is 14.4. The number of pyridine rings is 1. The zero-order chi connectivity index (χ0) is 47.2. The second-order valence-electron chi connectivity index (χ2n) is 17.6. The molecule has 0 unspecified atom stereocenters. The molecule has 0 saturated carbocycles. The first kappa shape index (κ1) is 48.8. The van der Waals surface area contributed by atoms with E-state index < -0.39 is 28.4 Å². The van der Waals surface area contributed by atoms with Gasteiger partial charge in [0, 0.05) is 29.8 Å². The molecular formula is C56H58FN3O5S2. The van der Waals surface area contributed by atoms with Crippen LogP contribution in [0.5, 0.6) is 5.75 Å². The third-order valence-electron chi connectivity index (χ3n) is 11.6. The molecule has 7 rings (SSSR count). The van der Waals surface area contributed by atoms with Crippen molar-refractivity contribution in [2.75, 3.05) is 25.2 Å². The number of amides is 2. The van der Waals surface area contributed by atoms with Crippen molar-refractivity contribution in [1.29, 1.82) is 0 Å². The van der Waals surface area contributed by atoms with Gasteiger partial charge < -0.3 is 19.7 Å². The highest BCUT2D eigenvalue weighted by atomic mass is 32.2. The maximum absolute atomic E-state index is 14.4. The minimum atomic E-state index is -0.771. The lowest BCUT2D eigenvalue weighted by molar-refractivity contribution is -0.116. The predicted octanol–water partition coefficient (Wildman–Crippen LogP) is 11.6. The van der Waals surface area contributed by atoms with Gasteiger partial charge in [0.25, 0.3) is 5.91 Å². The molecule has 6 aromatic rings. The lowest BCUT2D eigenvalue weighted by Gasteiger charge is -2.37. The monoisotopic (exact) mass is 935 g/mol. The number of benzene rings is 5. The number of likely N-dealkylation sites (tertiary alicyclic amines) is 1. The summed E-state index contributed by atoms with van der Waals surface area (Å²) in [6.45, 7) is 6.17. The number of carbonyl (C=O) groups excluding carboxylic acids is 3. The molecule has 0 spiro atoms. The SMILES string of the molecule is CSCC[C@H](NC(=O)c1cc(OC[C@@H]2C[C@H](SC(c3ccccc3)(c3ccccc3)c3ccccc3)CN2C(=O)OC(C)(C)C)ccc1CCc1ccc(F)cc1)C(=O)C=Cc1cccnc1. The summed E-state index contributed by atoms with van der Waals surface area (Å²) < 4.78 is 25.8. The molecule has 0 radical (unpaired) electrons. The molecule has 0 bridgehead atoms. The number of nitrogens with one attached hydrogen (secondary N) is 1. The van der Waals surface area contributed by atoms with E-state index in [1.54, 1.807) is 59.4 Å². The second-order valence-corrected chi connectivity index (χ2v) is 20.1. The Kier molecular flexibility index (Phi) is 16.8. The molecule has 67 heavy (non-hydrogen) atoms. The van der Waals surface area contributed by atoms with Crippen molar-refractivity contribution in [3.8, 4) is 5.75 Å². The highest BCUT2D eigenvalue weighted by Crippen LogP contribution is 2.52.